The summed E-state index contributed by atoms with van der Waals surface area (Å²) in [6, 6.07) is 11.6. The number of hydrogen-bond acceptors (Lipinski definition) is 5. The molecule has 9 heteroatoms. The molecule has 0 fully saturated rings. The van der Waals surface area contributed by atoms with Gasteiger partial charge in [-0.1, -0.05) is 22.0 Å². The van der Waals surface area contributed by atoms with Gasteiger partial charge in [0.05, 0.1) is 15.6 Å². The molecule has 0 saturated heterocycles. The van der Waals surface area contributed by atoms with Crippen LogP contribution in [0.15, 0.2) is 57.9 Å². The van der Waals surface area contributed by atoms with Crippen LogP contribution >= 0.6 is 15.9 Å². The summed E-state index contributed by atoms with van der Waals surface area (Å²) in [5.74, 6) is -0.883. The molecular weight excluding hydrogens is 400 g/mol. The van der Waals surface area contributed by atoms with Crippen LogP contribution in [0.5, 0.6) is 0 Å². The first-order chi connectivity index (χ1) is 11.3. The van der Waals surface area contributed by atoms with Crippen LogP contribution < -0.4 is 5.32 Å². The maximum Gasteiger partial charge on any atom is 0.271 e. The van der Waals surface area contributed by atoms with E-state index in [-0.39, 0.29) is 28.4 Å². The molecule has 2 rings (SSSR count). The summed E-state index contributed by atoms with van der Waals surface area (Å²) in [5, 5.41) is 13.1. The van der Waals surface area contributed by atoms with E-state index in [0.29, 0.717) is 0 Å². The minimum Gasteiger partial charge on any atom is -0.326 e. The van der Waals surface area contributed by atoms with Gasteiger partial charge in [0.25, 0.3) is 5.69 Å². The van der Waals surface area contributed by atoms with Crippen LogP contribution in [0.4, 0.5) is 11.4 Å². The van der Waals surface area contributed by atoms with E-state index in [0.717, 1.165) is 4.47 Å². The molecule has 126 valence electrons. The highest BCUT2D eigenvalue weighted by molar-refractivity contribution is 9.10. The fraction of sp³-hybridized carbons (Fsp3) is 0.133. The summed E-state index contributed by atoms with van der Waals surface area (Å²) in [7, 11) is -3.58. The Labute approximate surface area is 146 Å². The van der Waals surface area contributed by atoms with Crippen molar-refractivity contribution in [2.75, 3.05) is 11.1 Å². The zero-order valence-electron chi connectivity index (χ0n) is 12.3. The highest BCUT2D eigenvalue weighted by atomic mass is 79.9. The fourth-order valence-corrected chi connectivity index (χ4v) is 3.41. The Bertz CT molecular complexity index is 866. The monoisotopic (exact) mass is 412 g/mol. The highest BCUT2D eigenvalue weighted by Gasteiger charge is 2.17. The third-order valence-corrected chi connectivity index (χ3v) is 5.37. The quantitative estimate of drug-likeness (QED) is 0.579. The number of carbonyl (C=O) groups is 1. The molecule has 0 aliphatic heterocycles. The first-order valence-corrected chi connectivity index (χ1v) is 9.25. The van der Waals surface area contributed by atoms with E-state index in [1.54, 1.807) is 12.1 Å². The van der Waals surface area contributed by atoms with E-state index in [1.807, 2.05) is 0 Å². The number of anilines is 1. The molecule has 0 saturated carbocycles. The molecule has 0 aromatic heterocycles. The highest BCUT2D eigenvalue weighted by Crippen LogP contribution is 2.18. The van der Waals surface area contributed by atoms with Crippen LogP contribution in [0, 0.1) is 10.1 Å². The number of rotatable bonds is 6. The predicted molar refractivity (Wildman–Crippen MR) is 92.5 cm³/mol. The van der Waals surface area contributed by atoms with Crippen LogP contribution in [0.2, 0.25) is 0 Å². The van der Waals surface area contributed by atoms with Crippen LogP contribution in [0.3, 0.4) is 0 Å². The Morgan fingerprint density at radius 3 is 2.46 bits per heavy atom. The van der Waals surface area contributed by atoms with Gasteiger partial charge in [-0.3, -0.25) is 14.9 Å². The number of nitro groups is 1. The first-order valence-electron chi connectivity index (χ1n) is 6.80. The van der Waals surface area contributed by atoms with Gasteiger partial charge in [0.15, 0.2) is 9.84 Å². The normalized spacial score (nSPS) is 11.0. The number of amides is 1. The lowest BCUT2D eigenvalue weighted by molar-refractivity contribution is -0.384. The van der Waals surface area contributed by atoms with E-state index in [1.165, 1.54) is 36.4 Å². The van der Waals surface area contributed by atoms with Gasteiger partial charge in [-0.25, -0.2) is 8.42 Å². The van der Waals surface area contributed by atoms with Crippen LogP contribution in [0.1, 0.15) is 6.42 Å². The summed E-state index contributed by atoms with van der Waals surface area (Å²) >= 11 is 3.22. The molecule has 0 heterocycles. The number of carbonyl (C=O) groups excluding carboxylic acids is 1. The maximum absolute atomic E-state index is 12.2. The molecule has 2 aromatic carbocycles. The standard InChI is InChI=1S/C15H13BrN2O5S/c16-11-4-6-14(7-5-11)24(22,23)9-8-15(19)17-12-2-1-3-13(10-12)18(20)21/h1-7,10H,8-9H2,(H,17,19). The Morgan fingerprint density at radius 1 is 1.17 bits per heavy atom. The van der Waals surface area contributed by atoms with Gasteiger partial charge in [-0.15, -0.1) is 0 Å². The summed E-state index contributed by atoms with van der Waals surface area (Å²) in [4.78, 5) is 22.1. The molecule has 0 aliphatic rings. The zero-order chi connectivity index (χ0) is 17.7. The largest absolute Gasteiger partial charge is 0.326 e. The van der Waals surface area contributed by atoms with Crippen molar-refractivity contribution >= 4 is 43.0 Å². The van der Waals surface area contributed by atoms with Crippen molar-refractivity contribution in [1.82, 2.24) is 0 Å². The molecule has 7 nitrogen and oxygen atoms in total. The van der Waals surface area contributed by atoms with Crippen molar-refractivity contribution in [3.8, 4) is 0 Å². The molecule has 2 aromatic rings. The molecule has 24 heavy (non-hydrogen) atoms. The minimum atomic E-state index is -3.58. The van der Waals surface area contributed by atoms with Crippen LogP contribution in [-0.4, -0.2) is 25.0 Å². The van der Waals surface area contributed by atoms with Crippen molar-refractivity contribution < 1.29 is 18.1 Å². The molecule has 0 atom stereocenters. The number of nitrogens with one attached hydrogen (secondary N) is 1. The van der Waals surface area contributed by atoms with Gasteiger partial charge in [-0.05, 0) is 30.3 Å². The van der Waals surface area contributed by atoms with Gasteiger partial charge in [0.1, 0.15) is 0 Å². The van der Waals surface area contributed by atoms with E-state index in [9.17, 15) is 23.3 Å². The average molecular weight is 413 g/mol. The zero-order valence-corrected chi connectivity index (χ0v) is 14.7. The second kappa shape index (κ2) is 7.54. The number of non-ortho nitro benzene ring substituents is 1. The van der Waals surface area contributed by atoms with Crippen molar-refractivity contribution in [3.63, 3.8) is 0 Å². The van der Waals surface area contributed by atoms with Crippen molar-refractivity contribution in [3.05, 3.63) is 63.1 Å². The van der Waals surface area contributed by atoms with E-state index in [2.05, 4.69) is 21.2 Å². The van der Waals surface area contributed by atoms with E-state index >= 15 is 0 Å². The third kappa shape index (κ3) is 4.87. The third-order valence-electron chi connectivity index (χ3n) is 3.11. The predicted octanol–water partition coefficient (Wildman–Crippen LogP) is 3.16. The maximum atomic E-state index is 12.2. The Balaban J connectivity index is 1.99. The lowest BCUT2D eigenvalue weighted by Gasteiger charge is -2.06. The summed E-state index contributed by atoms with van der Waals surface area (Å²) < 4.78 is 25.1. The molecule has 0 unspecified atom stereocenters. The van der Waals surface area contributed by atoms with Gasteiger partial charge in [0.2, 0.25) is 5.91 Å². The fourth-order valence-electron chi connectivity index (χ4n) is 1.91. The number of hydrogen-bond donors (Lipinski definition) is 1. The molecule has 1 amide bonds. The lowest BCUT2D eigenvalue weighted by Crippen LogP contribution is -2.17. The number of nitrogens with zero attached hydrogens (tertiary/aromatic N) is 1. The average Bonchev–Trinajstić information content (AvgIpc) is 2.54. The smallest absolute Gasteiger partial charge is 0.271 e. The topological polar surface area (TPSA) is 106 Å². The van der Waals surface area contributed by atoms with E-state index < -0.39 is 20.7 Å². The number of nitro benzene ring substituents is 1. The molecule has 0 spiro atoms. The van der Waals surface area contributed by atoms with Gasteiger partial charge >= 0.3 is 0 Å². The lowest BCUT2D eigenvalue weighted by atomic mass is 10.3. The molecule has 0 bridgehead atoms. The first kappa shape index (κ1) is 18.1. The SMILES string of the molecule is O=C(CCS(=O)(=O)c1ccc(Br)cc1)Nc1cccc([N+](=O)[O-])c1. The summed E-state index contributed by atoms with van der Waals surface area (Å²) in [6.45, 7) is 0. The summed E-state index contributed by atoms with van der Waals surface area (Å²) in [6.07, 6.45) is -0.249. The number of sulfone groups is 1. The van der Waals surface area contributed by atoms with Crippen molar-refractivity contribution in [2.24, 2.45) is 0 Å². The molecule has 0 aliphatic carbocycles. The Kier molecular flexibility index (Phi) is 5.68. The Hall–Kier alpha value is -2.26. The van der Waals surface area contributed by atoms with Crippen LogP contribution in [-0.2, 0) is 14.6 Å². The summed E-state index contributed by atoms with van der Waals surface area (Å²) in [5.41, 5.74) is 0.0884. The van der Waals surface area contributed by atoms with Gasteiger partial charge < -0.3 is 5.32 Å². The van der Waals surface area contributed by atoms with Crippen molar-refractivity contribution in [1.29, 1.82) is 0 Å². The van der Waals surface area contributed by atoms with Crippen LogP contribution in [0.25, 0.3) is 0 Å². The second-order valence-corrected chi connectivity index (χ2v) is 7.90. The molecular formula is C15H13BrN2O5S. The number of halogens is 1. The molecule has 0 radical (unpaired) electrons. The minimum absolute atomic E-state index is 0.133. The van der Waals surface area contributed by atoms with Gasteiger partial charge in [-0.2, -0.15) is 0 Å². The Morgan fingerprint density at radius 2 is 1.83 bits per heavy atom. The van der Waals surface area contributed by atoms with Gasteiger partial charge in [0, 0.05) is 28.7 Å². The second-order valence-electron chi connectivity index (χ2n) is 4.88. The molecule has 1 N–H and O–H groups in total. The number of benzene rings is 2. The van der Waals surface area contributed by atoms with Crippen molar-refractivity contribution in [2.45, 2.75) is 11.3 Å². The van der Waals surface area contributed by atoms with E-state index in [4.69, 9.17) is 0 Å².